The predicted molar refractivity (Wildman–Crippen MR) is 150 cm³/mol. The lowest BCUT2D eigenvalue weighted by Gasteiger charge is -2.19. The van der Waals surface area contributed by atoms with Crippen molar-refractivity contribution in [2.45, 2.75) is 27.7 Å². The maximum atomic E-state index is 13.1. The van der Waals surface area contributed by atoms with Gasteiger partial charge in [0.1, 0.15) is 17.2 Å². The molecule has 0 atom stereocenters. The number of quaternary nitrogens is 1. The van der Waals surface area contributed by atoms with E-state index in [1.807, 2.05) is 0 Å². The smallest absolute Gasteiger partial charge is 0.255 e. The van der Waals surface area contributed by atoms with E-state index in [1.165, 1.54) is 31.3 Å². The quantitative estimate of drug-likeness (QED) is 0.220. The van der Waals surface area contributed by atoms with Crippen molar-refractivity contribution in [1.82, 2.24) is 15.5 Å². The van der Waals surface area contributed by atoms with Crippen LogP contribution in [0, 0.1) is 0 Å². The van der Waals surface area contributed by atoms with Crippen molar-refractivity contribution >= 4 is 17.5 Å². The maximum absolute atomic E-state index is 13.1. The van der Waals surface area contributed by atoms with Gasteiger partial charge >= 0.3 is 0 Å². The first kappa shape index (κ1) is 30.7. The number of nitrogens with one attached hydrogen (secondary N) is 3. The van der Waals surface area contributed by atoms with Crippen molar-refractivity contribution < 1.29 is 29.1 Å². The molecule has 10 heteroatoms. The SMILES string of the molecule is CCN(CC)CCNC(=O)c1cc(-c2cc(C(=O)NCC[NH+](CC)CC)c(OC)cc2O)c(N)cc1OC. The number of ether oxygens (including phenoxy) is 2. The van der Waals surface area contributed by atoms with Gasteiger partial charge in [-0.1, -0.05) is 13.8 Å². The molecule has 38 heavy (non-hydrogen) atoms. The molecular weight excluding hydrogens is 486 g/mol. The topological polar surface area (TPSA) is 131 Å². The third-order valence-electron chi connectivity index (χ3n) is 6.84. The van der Waals surface area contributed by atoms with E-state index >= 15 is 0 Å². The first-order valence-corrected chi connectivity index (χ1v) is 13.2. The lowest BCUT2D eigenvalue weighted by atomic mass is 9.96. The molecule has 0 saturated heterocycles. The molecule has 0 aliphatic carbocycles. The van der Waals surface area contributed by atoms with E-state index in [-0.39, 0.29) is 34.4 Å². The van der Waals surface area contributed by atoms with Crippen molar-refractivity contribution in [3.8, 4) is 28.4 Å². The minimum atomic E-state index is -0.323. The van der Waals surface area contributed by atoms with Gasteiger partial charge in [0.05, 0.1) is 51.5 Å². The van der Waals surface area contributed by atoms with Crippen molar-refractivity contribution in [2.24, 2.45) is 0 Å². The highest BCUT2D eigenvalue weighted by atomic mass is 16.5. The summed E-state index contributed by atoms with van der Waals surface area (Å²) in [5.74, 6) is -0.219. The van der Waals surface area contributed by atoms with Crippen LogP contribution in [-0.2, 0) is 0 Å². The summed E-state index contributed by atoms with van der Waals surface area (Å²) in [5.41, 5.74) is 7.86. The van der Waals surface area contributed by atoms with Gasteiger partial charge < -0.3 is 40.7 Å². The van der Waals surface area contributed by atoms with Gasteiger partial charge in [0.25, 0.3) is 11.8 Å². The number of likely N-dealkylation sites (N-methyl/N-ethyl adjacent to an activating group) is 2. The number of nitrogens with two attached hydrogens (primary N) is 1. The Morgan fingerprint density at radius 3 is 1.92 bits per heavy atom. The van der Waals surface area contributed by atoms with Gasteiger partial charge in [-0.2, -0.15) is 0 Å². The van der Waals surface area contributed by atoms with Gasteiger partial charge in [0, 0.05) is 42.0 Å². The summed E-state index contributed by atoms with van der Waals surface area (Å²) < 4.78 is 10.8. The van der Waals surface area contributed by atoms with E-state index in [9.17, 15) is 14.7 Å². The molecule has 2 aromatic rings. The van der Waals surface area contributed by atoms with Gasteiger partial charge in [-0.05, 0) is 39.1 Å². The molecule has 0 spiro atoms. The average Bonchev–Trinajstić information content (AvgIpc) is 2.92. The molecule has 0 fully saturated rings. The molecule has 2 aromatic carbocycles. The number of phenols is 1. The largest absolute Gasteiger partial charge is 0.507 e. The number of anilines is 1. The van der Waals surface area contributed by atoms with Gasteiger partial charge in [0.2, 0.25) is 0 Å². The second kappa shape index (κ2) is 15.0. The number of phenolic OH excluding ortho intramolecular Hbond substituents is 1. The number of hydrogen-bond acceptors (Lipinski definition) is 7. The Morgan fingerprint density at radius 2 is 1.39 bits per heavy atom. The van der Waals surface area contributed by atoms with Crippen LogP contribution >= 0.6 is 0 Å². The van der Waals surface area contributed by atoms with Gasteiger partial charge in [0.15, 0.2) is 0 Å². The van der Waals surface area contributed by atoms with E-state index in [1.54, 1.807) is 12.1 Å². The Bertz CT molecular complexity index is 998. The lowest BCUT2D eigenvalue weighted by Crippen LogP contribution is -3.12. The minimum Gasteiger partial charge on any atom is -0.507 e. The van der Waals surface area contributed by atoms with E-state index in [0.717, 1.165) is 39.3 Å². The third kappa shape index (κ3) is 7.75. The molecular formula is C28H44N5O5+. The van der Waals surface area contributed by atoms with Crippen LogP contribution in [-0.4, -0.2) is 88.4 Å². The molecule has 0 saturated carbocycles. The summed E-state index contributed by atoms with van der Waals surface area (Å²) >= 11 is 0. The molecule has 10 nitrogen and oxygen atoms in total. The summed E-state index contributed by atoms with van der Waals surface area (Å²) in [7, 11) is 2.90. The number of nitrogens with zero attached hydrogens (tertiary/aromatic N) is 1. The van der Waals surface area contributed by atoms with Crippen molar-refractivity contribution in [3.63, 3.8) is 0 Å². The van der Waals surface area contributed by atoms with E-state index in [2.05, 4.69) is 43.2 Å². The number of hydrogen-bond donors (Lipinski definition) is 5. The molecule has 6 N–H and O–H groups in total. The number of nitrogen functional groups attached to an aromatic ring is 1. The van der Waals surface area contributed by atoms with E-state index in [4.69, 9.17) is 15.2 Å². The molecule has 2 rings (SSSR count). The summed E-state index contributed by atoms with van der Waals surface area (Å²) in [4.78, 5) is 29.7. The van der Waals surface area contributed by atoms with E-state index in [0.29, 0.717) is 35.7 Å². The summed E-state index contributed by atoms with van der Waals surface area (Å²) in [5, 5.41) is 16.7. The van der Waals surface area contributed by atoms with Crippen LogP contribution < -0.4 is 30.7 Å². The van der Waals surface area contributed by atoms with Gasteiger partial charge in [-0.15, -0.1) is 0 Å². The fourth-order valence-electron chi connectivity index (χ4n) is 4.32. The third-order valence-corrected chi connectivity index (χ3v) is 6.84. The Morgan fingerprint density at radius 1 is 0.868 bits per heavy atom. The highest BCUT2D eigenvalue weighted by Gasteiger charge is 2.22. The molecule has 210 valence electrons. The lowest BCUT2D eigenvalue weighted by molar-refractivity contribution is -0.895. The van der Waals surface area contributed by atoms with Crippen molar-refractivity contribution in [3.05, 3.63) is 35.4 Å². The number of aromatic hydroxyl groups is 1. The number of benzene rings is 2. The van der Waals surface area contributed by atoms with Crippen molar-refractivity contribution in [2.75, 3.05) is 72.3 Å². The first-order valence-electron chi connectivity index (χ1n) is 13.2. The molecule has 0 heterocycles. The first-order chi connectivity index (χ1) is 18.2. The summed E-state index contributed by atoms with van der Waals surface area (Å²) in [6.45, 7) is 14.6. The number of methoxy groups -OCH3 is 2. The normalized spacial score (nSPS) is 11.1. The summed E-state index contributed by atoms with van der Waals surface area (Å²) in [6, 6.07) is 6.04. The Labute approximate surface area is 226 Å². The van der Waals surface area contributed by atoms with E-state index < -0.39 is 0 Å². The fourth-order valence-corrected chi connectivity index (χ4v) is 4.32. The maximum Gasteiger partial charge on any atom is 0.255 e. The van der Waals surface area contributed by atoms with Crippen LogP contribution in [0.4, 0.5) is 5.69 Å². The molecule has 0 aliphatic heterocycles. The van der Waals surface area contributed by atoms with Crippen LogP contribution in [0.5, 0.6) is 17.2 Å². The Kier molecular flexibility index (Phi) is 12.2. The van der Waals surface area contributed by atoms with Crippen LogP contribution in [0.15, 0.2) is 24.3 Å². The molecule has 0 unspecified atom stereocenters. The number of carbonyl (C=O) groups excluding carboxylic acids is 2. The molecule has 0 bridgehead atoms. The van der Waals surface area contributed by atoms with Gasteiger partial charge in [-0.25, -0.2) is 0 Å². The zero-order valence-electron chi connectivity index (χ0n) is 23.6. The molecule has 0 aliphatic rings. The Balaban J connectivity index is 2.40. The standard InChI is InChI=1S/C28H43N5O5/c1-7-32(8-2)13-11-30-27(35)21-15-19(23(29)17-25(21)37-5)20-16-22(26(38-6)18-24(20)34)28(36)31-12-14-33(9-3)10-4/h15-18,34H,7-14,29H2,1-6H3,(H,30,35)(H,31,36)/p+1. The second-order valence-electron chi connectivity index (χ2n) is 8.96. The van der Waals surface area contributed by atoms with Crippen LogP contribution in [0.1, 0.15) is 48.4 Å². The fraction of sp³-hybridized carbons (Fsp3) is 0.500. The summed E-state index contributed by atoms with van der Waals surface area (Å²) in [6.07, 6.45) is 0. The van der Waals surface area contributed by atoms with Crippen LogP contribution in [0.25, 0.3) is 11.1 Å². The number of rotatable bonds is 15. The Hall–Kier alpha value is -3.50. The highest BCUT2D eigenvalue weighted by Crippen LogP contribution is 2.40. The highest BCUT2D eigenvalue weighted by molar-refractivity contribution is 6.02. The zero-order valence-corrected chi connectivity index (χ0v) is 23.6. The van der Waals surface area contributed by atoms with Crippen LogP contribution in [0.3, 0.4) is 0 Å². The van der Waals surface area contributed by atoms with Crippen molar-refractivity contribution in [1.29, 1.82) is 0 Å². The average molecular weight is 531 g/mol. The predicted octanol–water partition coefficient (Wildman–Crippen LogP) is 1.38. The van der Waals surface area contributed by atoms with Gasteiger partial charge in [-0.3, -0.25) is 9.59 Å². The molecule has 0 radical (unpaired) electrons. The second-order valence-corrected chi connectivity index (χ2v) is 8.96. The van der Waals surface area contributed by atoms with Crippen LogP contribution in [0.2, 0.25) is 0 Å². The molecule has 0 aromatic heterocycles. The number of amides is 2. The monoisotopic (exact) mass is 530 g/mol. The minimum absolute atomic E-state index is 0.129. The molecule has 2 amide bonds. The number of carbonyl (C=O) groups is 2. The zero-order chi connectivity index (χ0) is 28.2.